The predicted octanol–water partition coefficient (Wildman–Crippen LogP) is 4.29. The molecule has 0 radical (unpaired) electrons. The van der Waals surface area contributed by atoms with Crippen molar-refractivity contribution in [1.29, 1.82) is 0 Å². The number of nitrogens with one attached hydrogen (secondary N) is 1. The molecule has 0 bridgehead atoms. The summed E-state index contributed by atoms with van der Waals surface area (Å²) < 4.78 is 11.6. The molecule has 1 aliphatic heterocycles. The molecule has 7 nitrogen and oxygen atoms in total. The van der Waals surface area contributed by atoms with Crippen LogP contribution in [0.4, 0.5) is 11.6 Å². The van der Waals surface area contributed by atoms with Gasteiger partial charge in [0.1, 0.15) is 5.58 Å². The molecule has 3 aromatic rings. The zero-order valence-electron chi connectivity index (χ0n) is 18.5. The number of ether oxygens (including phenoxy) is 1. The van der Waals surface area contributed by atoms with E-state index in [2.05, 4.69) is 5.32 Å². The van der Waals surface area contributed by atoms with E-state index in [-0.39, 0.29) is 11.3 Å². The lowest BCUT2D eigenvalue weighted by molar-refractivity contribution is 0.0827. The summed E-state index contributed by atoms with van der Waals surface area (Å²) in [4.78, 5) is 29.2. The molecule has 0 atom stereocenters. The predicted molar refractivity (Wildman–Crippen MR) is 132 cm³/mol. The van der Waals surface area contributed by atoms with E-state index in [4.69, 9.17) is 32.4 Å². The lowest BCUT2D eigenvalue weighted by Gasteiger charge is -2.27. The van der Waals surface area contributed by atoms with Gasteiger partial charge in [-0.3, -0.25) is 9.59 Å². The SMILES string of the molecule is CN(C)C(=O)c1cc(CCNc2cc(Cl)cc(Cl)c2)c2oc(N3CCOCC3)cc(=O)c2c1. The lowest BCUT2D eigenvalue weighted by Crippen LogP contribution is -2.36. The van der Waals surface area contributed by atoms with E-state index in [1.165, 1.54) is 11.0 Å². The average Bonchev–Trinajstić information content (AvgIpc) is 2.78. The van der Waals surface area contributed by atoms with Gasteiger partial charge >= 0.3 is 0 Å². The fourth-order valence-corrected chi connectivity index (χ4v) is 4.35. The first-order valence-corrected chi connectivity index (χ1v) is 11.4. The van der Waals surface area contributed by atoms with Crippen LogP contribution in [-0.2, 0) is 11.2 Å². The van der Waals surface area contributed by atoms with E-state index in [1.807, 2.05) is 4.90 Å². The summed E-state index contributed by atoms with van der Waals surface area (Å²) in [5.74, 6) is 0.336. The molecule has 1 aromatic heterocycles. The number of carbonyl (C=O) groups is 1. The molecule has 2 aromatic carbocycles. The minimum Gasteiger partial charge on any atom is -0.440 e. The second kappa shape index (κ2) is 10.0. The largest absolute Gasteiger partial charge is 0.440 e. The summed E-state index contributed by atoms with van der Waals surface area (Å²) in [5, 5.41) is 4.76. The third-order valence-electron chi connectivity index (χ3n) is 5.45. The van der Waals surface area contributed by atoms with E-state index >= 15 is 0 Å². The summed E-state index contributed by atoms with van der Waals surface area (Å²) >= 11 is 12.2. The highest BCUT2D eigenvalue weighted by Crippen LogP contribution is 2.26. The van der Waals surface area contributed by atoms with Crippen molar-refractivity contribution < 1.29 is 13.9 Å². The topological polar surface area (TPSA) is 75.0 Å². The molecule has 1 fully saturated rings. The van der Waals surface area contributed by atoms with Gasteiger partial charge < -0.3 is 24.3 Å². The van der Waals surface area contributed by atoms with Crippen LogP contribution in [0.15, 0.2) is 45.6 Å². The first-order chi connectivity index (χ1) is 15.8. The number of benzene rings is 2. The highest BCUT2D eigenvalue weighted by molar-refractivity contribution is 6.35. The normalized spacial score (nSPS) is 13.9. The summed E-state index contributed by atoms with van der Waals surface area (Å²) in [6.45, 7) is 2.99. The first-order valence-electron chi connectivity index (χ1n) is 10.7. The third kappa shape index (κ3) is 5.43. The van der Waals surface area contributed by atoms with Crippen LogP contribution >= 0.6 is 23.2 Å². The van der Waals surface area contributed by atoms with E-state index < -0.39 is 0 Å². The molecule has 1 aliphatic rings. The Kier molecular flexibility index (Phi) is 7.12. The summed E-state index contributed by atoms with van der Waals surface area (Å²) in [6, 6.07) is 10.1. The zero-order valence-corrected chi connectivity index (χ0v) is 20.0. The zero-order chi connectivity index (χ0) is 23.5. The number of hydrogen-bond donors (Lipinski definition) is 1. The number of amides is 1. The van der Waals surface area contributed by atoms with Crippen LogP contribution in [0.1, 0.15) is 15.9 Å². The van der Waals surface area contributed by atoms with E-state index in [9.17, 15) is 9.59 Å². The van der Waals surface area contributed by atoms with Gasteiger partial charge in [0.05, 0.1) is 18.6 Å². The van der Waals surface area contributed by atoms with Gasteiger partial charge in [-0.1, -0.05) is 23.2 Å². The van der Waals surface area contributed by atoms with Crippen LogP contribution in [0.2, 0.25) is 10.0 Å². The van der Waals surface area contributed by atoms with Gasteiger partial charge in [0.25, 0.3) is 5.91 Å². The van der Waals surface area contributed by atoms with Crippen molar-refractivity contribution in [1.82, 2.24) is 4.90 Å². The van der Waals surface area contributed by atoms with Crippen LogP contribution in [0.3, 0.4) is 0 Å². The van der Waals surface area contributed by atoms with Gasteiger partial charge in [-0.25, -0.2) is 0 Å². The summed E-state index contributed by atoms with van der Waals surface area (Å²) in [6.07, 6.45) is 0.519. The maximum Gasteiger partial charge on any atom is 0.253 e. The Morgan fingerprint density at radius 1 is 1.06 bits per heavy atom. The van der Waals surface area contributed by atoms with E-state index in [0.717, 1.165) is 11.3 Å². The maximum atomic E-state index is 13.0. The van der Waals surface area contributed by atoms with Gasteiger partial charge in [-0.05, 0) is 42.3 Å². The molecule has 1 saturated heterocycles. The number of anilines is 2. The Bertz CT molecular complexity index is 1220. The number of fused-ring (bicyclic) bond motifs is 1. The van der Waals surface area contributed by atoms with Crippen LogP contribution in [0.25, 0.3) is 11.0 Å². The number of morpholine rings is 1. The molecule has 33 heavy (non-hydrogen) atoms. The smallest absolute Gasteiger partial charge is 0.253 e. The van der Waals surface area contributed by atoms with Gasteiger partial charge in [-0.15, -0.1) is 0 Å². The molecule has 4 rings (SSSR count). The van der Waals surface area contributed by atoms with Crippen molar-refractivity contribution in [2.24, 2.45) is 0 Å². The molecule has 1 N–H and O–H groups in total. The quantitative estimate of drug-likeness (QED) is 0.556. The fourth-order valence-electron chi connectivity index (χ4n) is 3.82. The second-order valence-electron chi connectivity index (χ2n) is 8.09. The van der Waals surface area contributed by atoms with Crippen molar-refractivity contribution in [2.75, 3.05) is 57.2 Å². The number of halogens is 2. The number of hydrogen-bond acceptors (Lipinski definition) is 6. The third-order valence-corrected chi connectivity index (χ3v) is 5.89. The Hall–Kier alpha value is -2.74. The van der Waals surface area contributed by atoms with Crippen LogP contribution in [0.5, 0.6) is 0 Å². The molecular weight excluding hydrogens is 465 g/mol. The number of carbonyl (C=O) groups excluding carboxylic acids is 1. The molecule has 9 heteroatoms. The van der Waals surface area contributed by atoms with Gasteiger partial charge in [0.2, 0.25) is 0 Å². The molecule has 2 heterocycles. The maximum absolute atomic E-state index is 13.0. The monoisotopic (exact) mass is 489 g/mol. The minimum atomic E-state index is -0.179. The van der Waals surface area contributed by atoms with Crippen molar-refractivity contribution in [3.05, 3.63) is 67.8 Å². The highest BCUT2D eigenvalue weighted by Gasteiger charge is 2.19. The molecule has 0 unspecified atom stereocenters. The minimum absolute atomic E-state index is 0.176. The number of nitrogens with zero attached hydrogens (tertiary/aromatic N) is 2. The standard InChI is InChI=1S/C24H25Cl2N3O4/c1-28(2)24(31)16-9-15(3-4-27-19-12-17(25)11-18(26)13-19)23-20(10-16)21(30)14-22(33-23)29-5-7-32-8-6-29/h9-14,27H,3-8H2,1-2H3. The van der Waals surface area contributed by atoms with Crippen molar-refractivity contribution in [3.63, 3.8) is 0 Å². The van der Waals surface area contributed by atoms with Crippen molar-refractivity contribution in [2.45, 2.75) is 6.42 Å². The Morgan fingerprint density at radius 3 is 2.42 bits per heavy atom. The average molecular weight is 490 g/mol. The first kappa shape index (κ1) is 23.4. The van der Waals surface area contributed by atoms with Gasteiger partial charge in [0, 0.05) is 61.1 Å². The summed E-state index contributed by atoms with van der Waals surface area (Å²) in [5.41, 5.74) is 2.31. The van der Waals surface area contributed by atoms with Crippen LogP contribution < -0.4 is 15.6 Å². The van der Waals surface area contributed by atoms with E-state index in [0.29, 0.717) is 71.7 Å². The molecule has 0 aliphatic carbocycles. The Morgan fingerprint density at radius 2 is 1.76 bits per heavy atom. The molecule has 1 amide bonds. The molecular formula is C24H25Cl2N3O4. The fraction of sp³-hybridized carbons (Fsp3) is 0.333. The molecule has 0 spiro atoms. The number of rotatable bonds is 6. The van der Waals surface area contributed by atoms with Crippen LogP contribution in [0, 0.1) is 0 Å². The lowest BCUT2D eigenvalue weighted by atomic mass is 10.0. The second-order valence-corrected chi connectivity index (χ2v) is 8.97. The highest BCUT2D eigenvalue weighted by atomic mass is 35.5. The van der Waals surface area contributed by atoms with Crippen molar-refractivity contribution >= 4 is 51.6 Å². The molecule has 0 saturated carbocycles. The Labute approximate surface area is 201 Å². The van der Waals surface area contributed by atoms with Crippen molar-refractivity contribution in [3.8, 4) is 0 Å². The van der Waals surface area contributed by atoms with Crippen LogP contribution in [-0.4, -0.2) is 57.8 Å². The van der Waals surface area contributed by atoms with E-state index in [1.54, 1.807) is 44.4 Å². The Balaban J connectivity index is 1.70. The molecule has 174 valence electrons. The van der Waals surface area contributed by atoms with Gasteiger partial charge in [-0.2, -0.15) is 0 Å². The summed E-state index contributed by atoms with van der Waals surface area (Å²) in [7, 11) is 3.36. The van der Waals surface area contributed by atoms with Gasteiger partial charge in [0.15, 0.2) is 11.3 Å².